The Labute approximate surface area is 90.6 Å². The van der Waals surface area contributed by atoms with E-state index in [0.717, 1.165) is 12.3 Å². The Bertz CT molecular complexity index is 227. The zero-order valence-electron chi connectivity index (χ0n) is 9.09. The number of hydrogen-bond acceptors (Lipinski definition) is 2. The van der Waals surface area contributed by atoms with E-state index in [0.29, 0.717) is 5.41 Å². The number of carbonyl (C=O) groups is 1. The molecule has 0 aromatic carbocycles. The van der Waals surface area contributed by atoms with E-state index in [1.54, 1.807) is 0 Å². The summed E-state index contributed by atoms with van der Waals surface area (Å²) in [5.74, 6) is 1.00. The standard InChI is InChI=1S/C10H18O.CHClO/c1-9(2)7-4-5-10(9,3)8(11)6-7;2-1-3/h7-8,11H,4-6H2,1-3H3;1H/t7-,8+,10-;/m1./s1. The van der Waals surface area contributed by atoms with Crippen molar-refractivity contribution >= 4 is 17.3 Å². The van der Waals surface area contributed by atoms with Crippen LogP contribution in [0.15, 0.2) is 0 Å². The summed E-state index contributed by atoms with van der Waals surface area (Å²) in [6, 6.07) is 0. The van der Waals surface area contributed by atoms with Crippen molar-refractivity contribution in [3.05, 3.63) is 0 Å². The number of aliphatic hydroxyl groups excluding tert-OH is 1. The smallest absolute Gasteiger partial charge is 0.208 e. The van der Waals surface area contributed by atoms with E-state index in [1.807, 2.05) is 0 Å². The van der Waals surface area contributed by atoms with Gasteiger partial charge in [-0.2, -0.15) is 0 Å². The van der Waals surface area contributed by atoms with Crippen LogP contribution in [-0.2, 0) is 4.79 Å². The lowest BCUT2D eigenvalue weighted by Crippen LogP contribution is -2.35. The highest BCUT2D eigenvalue weighted by Gasteiger charge is 2.60. The number of fused-ring (bicyclic) bond motifs is 2. The van der Waals surface area contributed by atoms with Gasteiger partial charge in [-0.25, -0.2) is 0 Å². The number of halogens is 1. The first kappa shape index (κ1) is 12.0. The van der Waals surface area contributed by atoms with Gasteiger partial charge < -0.3 is 5.11 Å². The Morgan fingerprint density at radius 2 is 1.93 bits per heavy atom. The van der Waals surface area contributed by atoms with Gasteiger partial charge in [0.1, 0.15) is 0 Å². The second-order valence-electron chi connectivity index (χ2n) is 5.22. The summed E-state index contributed by atoms with van der Waals surface area (Å²) < 4.78 is 0. The molecular formula is C11H19ClO2. The van der Waals surface area contributed by atoms with Gasteiger partial charge in [0.15, 0.2) is 0 Å². The lowest BCUT2D eigenvalue weighted by Gasteiger charge is -2.36. The summed E-state index contributed by atoms with van der Waals surface area (Å²) in [6.07, 6.45) is 3.58. The van der Waals surface area contributed by atoms with Crippen LogP contribution in [0.25, 0.3) is 0 Å². The van der Waals surface area contributed by atoms with Crippen molar-refractivity contribution in [2.24, 2.45) is 16.7 Å². The zero-order chi connectivity index (χ0) is 11.0. The van der Waals surface area contributed by atoms with E-state index in [4.69, 9.17) is 4.79 Å². The first-order valence-corrected chi connectivity index (χ1v) is 5.55. The second-order valence-corrected chi connectivity index (χ2v) is 5.39. The number of carbonyl (C=O) groups excluding carboxylic acids is 1. The molecule has 0 spiro atoms. The fraction of sp³-hybridized carbons (Fsp3) is 0.909. The molecule has 82 valence electrons. The van der Waals surface area contributed by atoms with Gasteiger partial charge in [0.25, 0.3) is 0 Å². The molecule has 2 fully saturated rings. The minimum Gasteiger partial charge on any atom is -0.393 e. The summed E-state index contributed by atoms with van der Waals surface area (Å²) in [5.41, 5.74) is 0.601. The molecule has 2 rings (SSSR count). The molecule has 0 saturated heterocycles. The maximum Gasteiger partial charge on any atom is 0.208 e. The minimum absolute atomic E-state index is 0.0313. The van der Waals surface area contributed by atoms with Gasteiger partial charge in [0.05, 0.1) is 6.10 Å². The average molecular weight is 219 g/mol. The predicted molar refractivity (Wildman–Crippen MR) is 57.8 cm³/mol. The van der Waals surface area contributed by atoms with Crippen LogP contribution in [0, 0.1) is 16.7 Å². The van der Waals surface area contributed by atoms with Gasteiger partial charge in [-0.3, -0.25) is 4.79 Å². The molecule has 0 radical (unpaired) electrons. The van der Waals surface area contributed by atoms with Crippen LogP contribution in [0.2, 0.25) is 0 Å². The molecule has 1 N–H and O–H groups in total. The van der Waals surface area contributed by atoms with Gasteiger partial charge >= 0.3 is 0 Å². The third-order valence-electron chi connectivity index (χ3n) is 4.75. The Morgan fingerprint density at radius 3 is 2.07 bits per heavy atom. The van der Waals surface area contributed by atoms with Crippen LogP contribution >= 0.6 is 11.6 Å². The Hall–Kier alpha value is -0.0800. The van der Waals surface area contributed by atoms with Crippen LogP contribution in [0.3, 0.4) is 0 Å². The summed E-state index contributed by atoms with van der Waals surface area (Å²) in [6.45, 7) is 6.90. The van der Waals surface area contributed by atoms with Crippen molar-refractivity contribution in [3.63, 3.8) is 0 Å². The largest absolute Gasteiger partial charge is 0.393 e. The van der Waals surface area contributed by atoms with Crippen molar-refractivity contribution in [2.75, 3.05) is 0 Å². The fourth-order valence-corrected chi connectivity index (χ4v) is 3.16. The van der Waals surface area contributed by atoms with Crippen molar-refractivity contribution in [2.45, 2.75) is 46.1 Å². The minimum atomic E-state index is -0.0313. The molecule has 0 aromatic rings. The summed E-state index contributed by atoms with van der Waals surface area (Å²) in [5, 5.41) is 9.81. The molecule has 2 saturated carbocycles. The van der Waals surface area contributed by atoms with Crippen LogP contribution in [-0.4, -0.2) is 17.0 Å². The first-order chi connectivity index (χ1) is 6.40. The second kappa shape index (κ2) is 3.82. The molecule has 14 heavy (non-hydrogen) atoms. The summed E-state index contributed by atoms with van der Waals surface area (Å²) in [7, 11) is 0. The van der Waals surface area contributed by atoms with Crippen molar-refractivity contribution < 1.29 is 9.90 Å². The van der Waals surface area contributed by atoms with Crippen molar-refractivity contribution in [1.29, 1.82) is 0 Å². The molecule has 0 aliphatic heterocycles. The normalized spacial score (nSPS) is 42.9. The SMILES string of the molecule is CC1(C)[C@@H]2CC[C@]1(C)[C@@H](O)C2.O=CCl. The van der Waals surface area contributed by atoms with E-state index in [2.05, 4.69) is 32.4 Å². The van der Waals surface area contributed by atoms with Crippen molar-refractivity contribution in [3.8, 4) is 0 Å². The summed E-state index contributed by atoms with van der Waals surface area (Å²) >= 11 is 4.32. The molecule has 2 aliphatic rings. The zero-order valence-corrected chi connectivity index (χ0v) is 9.84. The van der Waals surface area contributed by atoms with Gasteiger partial charge in [-0.15, -0.1) is 0 Å². The molecule has 0 unspecified atom stereocenters. The highest BCUT2D eigenvalue weighted by atomic mass is 35.5. The Balaban J connectivity index is 0.000000293. The lowest BCUT2D eigenvalue weighted by atomic mass is 9.70. The highest BCUT2D eigenvalue weighted by molar-refractivity contribution is 6.54. The van der Waals surface area contributed by atoms with Gasteiger partial charge in [0, 0.05) is 0 Å². The lowest BCUT2D eigenvalue weighted by molar-refractivity contribution is 0.0126. The quantitative estimate of drug-likeness (QED) is 0.501. The topological polar surface area (TPSA) is 37.3 Å². The highest BCUT2D eigenvalue weighted by Crippen LogP contribution is 2.65. The van der Waals surface area contributed by atoms with Crippen LogP contribution < -0.4 is 0 Å². The van der Waals surface area contributed by atoms with Crippen LogP contribution in [0.1, 0.15) is 40.0 Å². The van der Waals surface area contributed by atoms with Crippen molar-refractivity contribution in [1.82, 2.24) is 0 Å². The number of hydrogen-bond donors (Lipinski definition) is 1. The van der Waals surface area contributed by atoms with Gasteiger partial charge in [-0.1, -0.05) is 20.8 Å². The van der Waals surface area contributed by atoms with E-state index in [9.17, 15) is 5.11 Å². The van der Waals surface area contributed by atoms with E-state index in [-0.39, 0.29) is 17.3 Å². The van der Waals surface area contributed by atoms with Crippen LogP contribution in [0.4, 0.5) is 0 Å². The molecule has 0 amide bonds. The molecule has 2 bridgehead atoms. The third kappa shape index (κ3) is 1.49. The molecule has 2 nitrogen and oxygen atoms in total. The maximum absolute atomic E-state index is 9.81. The fourth-order valence-electron chi connectivity index (χ4n) is 3.16. The first-order valence-electron chi connectivity index (χ1n) is 5.12. The predicted octanol–water partition coefficient (Wildman–Crippen LogP) is 2.61. The molecule has 3 heteroatoms. The average Bonchev–Trinajstić information content (AvgIpc) is 2.38. The molecular weight excluding hydrogens is 200 g/mol. The molecule has 3 atom stereocenters. The molecule has 2 aliphatic carbocycles. The van der Waals surface area contributed by atoms with Gasteiger partial charge in [0.2, 0.25) is 5.75 Å². The van der Waals surface area contributed by atoms with E-state index < -0.39 is 0 Å². The monoisotopic (exact) mass is 218 g/mol. The van der Waals surface area contributed by atoms with E-state index >= 15 is 0 Å². The van der Waals surface area contributed by atoms with E-state index in [1.165, 1.54) is 12.8 Å². The Morgan fingerprint density at radius 1 is 1.43 bits per heavy atom. The maximum atomic E-state index is 9.81. The Kier molecular flexibility index (Phi) is 3.27. The molecule has 0 heterocycles. The number of aliphatic hydroxyl groups is 1. The third-order valence-corrected chi connectivity index (χ3v) is 4.75. The molecule has 0 aromatic heterocycles. The van der Waals surface area contributed by atoms with Crippen LogP contribution in [0.5, 0.6) is 0 Å². The van der Waals surface area contributed by atoms with Gasteiger partial charge in [-0.05, 0) is 47.6 Å². The number of rotatable bonds is 0. The summed E-state index contributed by atoms with van der Waals surface area (Å²) in [4.78, 5) is 8.57.